The van der Waals surface area contributed by atoms with Crippen LogP contribution in [0.25, 0.3) is 0 Å². The molecule has 5 nitrogen and oxygen atoms in total. The minimum Gasteiger partial charge on any atom is -0.356 e. The Hall–Kier alpha value is -2.11. The number of likely N-dealkylation sites (tertiary alicyclic amines) is 1. The van der Waals surface area contributed by atoms with Crippen molar-refractivity contribution in [3.63, 3.8) is 0 Å². The van der Waals surface area contributed by atoms with Crippen molar-refractivity contribution >= 4 is 11.9 Å². The lowest BCUT2D eigenvalue weighted by Gasteiger charge is -2.26. The van der Waals surface area contributed by atoms with Crippen LogP contribution < -0.4 is 10.6 Å². The summed E-state index contributed by atoms with van der Waals surface area (Å²) in [5.74, 6) is 1.13. The van der Waals surface area contributed by atoms with Gasteiger partial charge in [0, 0.05) is 38.6 Å². The third-order valence-corrected chi connectivity index (χ3v) is 5.64. The molecule has 1 aromatic carbocycles. The summed E-state index contributed by atoms with van der Waals surface area (Å²) in [6, 6.07) is 6.82. The summed E-state index contributed by atoms with van der Waals surface area (Å²) in [6.45, 7) is 2.32. The molecule has 0 radical (unpaired) electrons. The van der Waals surface area contributed by atoms with Crippen LogP contribution in [0.3, 0.4) is 0 Å². The Kier molecular flexibility index (Phi) is 7.07. The van der Waals surface area contributed by atoms with E-state index in [-0.39, 0.29) is 17.8 Å². The summed E-state index contributed by atoms with van der Waals surface area (Å²) >= 11 is 0. The molecule has 1 aliphatic heterocycles. The smallest absolute Gasteiger partial charge is 0.225 e. The zero-order valence-electron chi connectivity index (χ0n) is 16.2. The molecule has 1 aromatic rings. The van der Waals surface area contributed by atoms with E-state index in [2.05, 4.69) is 15.6 Å². The molecule has 1 atom stereocenters. The van der Waals surface area contributed by atoms with Crippen molar-refractivity contribution in [3.8, 4) is 0 Å². The number of aliphatic imine (C=N–C) groups is 1. The normalized spacial score (nSPS) is 21.3. The maximum atomic E-state index is 13.0. The summed E-state index contributed by atoms with van der Waals surface area (Å²) in [5, 5.41) is 6.74. The van der Waals surface area contributed by atoms with Gasteiger partial charge in [0.25, 0.3) is 0 Å². The van der Waals surface area contributed by atoms with Crippen LogP contribution in [0.1, 0.15) is 44.1 Å². The van der Waals surface area contributed by atoms with Gasteiger partial charge < -0.3 is 15.5 Å². The predicted molar refractivity (Wildman–Crippen MR) is 106 cm³/mol. The van der Waals surface area contributed by atoms with Crippen LogP contribution in [-0.4, -0.2) is 49.5 Å². The topological polar surface area (TPSA) is 56.7 Å². The van der Waals surface area contributed by atoms with Crippen molar-refractivity contribution in [2.24, 2.45) is 10.9 Å². The molecular weight excluding hydrogens is 343 g/mol. The molecule has 1 saturated heterocycles. The van der Waals surface area contributed by atoms with Crippen molar-refractivity contribution in [2.45, 2.75) is 51.0 Å². The van der Waals surface area contributed by atoms with Gasteiger partial charge in [0.2, 0.25) is 5.91 Å². The average Bonchev–Trinajstić information content (AvgIpc) is 3.17. The fraction of sp³-hybridized carbons (Fsp3) is 0.619. The number of nitrogens with zero attached hydrogens (tertiary/aromatic N) is 2. The molecule has 1 amide bonds. The lowest BCUT2D eigenvalue weighted by molar-refractivity contribution is -0.135. The van der Waals surface area contributed by atoms with Crippen LogP contribution in [0.5, 0.6) is 0 Å². The molecule has 1 saturated carbocycles. The average molecular weight is 375 g/mol. The minimum atomic E-state index is -0.210. The fourth-order valence-corrected chi connectivity index (χ4v) is 4.05. The first-order valence-electron chi connectivity index (χ1n) is 10.2. The van der Waals surface area contributed by atoms with Gasteiger partial charge in [0.05, 0.1) is 0 Å². The van der Waals surface area contributed by atoms with Crippen molar-refractivity contribution < 1.29 is 9.18 Å². The number of carbonyl (C=O) groups is 1. The second kappa shape index (κ2) is 9.72. The molecule has 1 unspecified atom stereocenters. The SMILES string of the molecule is CN=C(NCCc1ccc(F)cc1)NC1CCN(C(=O)C2CCCCC2)C1. The summed E-state index contributed by atoms with van der Waals surface area (Å²) in [6.07, 6.45) is 7.52. The van der Waals surface area contributed by atoms with E-state index >= 15 is 0 Å². The van der Waals surface area contributed by atoms with Gasteiger partial charge in [0.15, 0.2) is 5.96 Å². The highest BCUT2D eigenvalue weighted by Crippen LogP contribution is 2.26. The number of hydrogen-bond donors (Lipinski definition) is 2. The number of rotatable bonds is 5. The molecule has 3 rings (SSSR count). The first-order valence-corrected chi connectivity index (χ1v) is 10.2. The summed E-state index contributed by atoms with van der Waals surface area (Å²) in [5.41, 5.74) is 1.09. The Bertz CT molecular complexity index is 640. The number of benzene rings is 1. The maximum Gasteiger partial charge on any atom is 0.225 e. The van der Waals surface area contributed by atoms with E-state index in [1.807, 2.05) is 4.90 Å². The van der Waals surface area contributed by atoms with Crippen LogP contribution in [0.2, 0.25) is 0 Å². The van der Waals surface area contributed by atoms with Crippen LogP contribution in [0, 0.1) is 11.7 Å². The Morgan fingerprint density at radius 2 is 1.93 bits per heavy atom. The summed E-state index contributed by atoms with van der Waals surface area (Å²) < 4.78 is 13.0. The molecule has 1 heterocycles. The van der Waals surface area contributed by atoms with Crippen molar-refractivity contribution in [3.05, 3.63) is 35.6 Å². The molecule has 2 N–H and O–H groups in total. The van der Waals surface area contributed by atoms with Gasteiger partial charge >= 0.3 is 0 Å². The maximum absolute atomic E-state index is 13.0. The van der Waals surface area contributed by atoms with Gasteiger partial charge in [-0.15, -0.1) is 0 Å². The number of halogens is 1. The monoisotopic (exact) mass is 374 g/mol. The van der Waals surface area contributed by atoms with E-state index < -0.39 is 0 Å². The van der Waals surface area contributed by atoms with E-state index in [4.69, 9.17) is 0 Å². The van der Waals surface area contributed by atoms with Crippen LogP contribution in [0.4, 0.5) is 4.39 Å². The highest BCUT2D eigenvalue weighted by molar-refractivity contribution is 5.81. The molecular formula is C21H31FN4O. The largest absolute Gasteiger partial charge is 0.356 e. The Morgan fingerprint density at radius 1 is 1.19 bits per heavy atom. The van der Waals surface area contributed by atoms with E-state index in [1.165, 1.54) is 31.4 Å². The van der Waals surface area contributed by atoms with E-state index in [1.54, 1.807) is 19.2 Å². The zero-order chi connectivity index (χ0) is 19.1. The summed E-state index contributed by atoms with van der Waals surface area (Å²) in [4.78, 5) is 19.0. The van der Waals surface area contributed by atoms with Gasteiger partial charge in [0.1, 0.15) is 5.82 Å². The number of amides is 1. The van der Waals surface area contributed by atoms with E-state index in [0.29, 0.717) is 5.91 Å². The molecule has 0 spiro atoms. The first kappa shape index (κ1) is 19.6. The van der Waals surface area contributed by atoms with Crippen molar-refractivity contribution in [1.29, 1.82) is 0 Å². The third kappa shape index (κ3) is 5.68. The molecule has 2 aliphatic rings. The molecule has 6 heteroatoms. The number of guanidine groups is 1. The van der Waals surface area contributed by atoms with Crippen molar-refractivity contribution in [1.82, 2.24) is 15.5 Å². The molecule has 1 aliphatic carbocycles. The van der Waals surface area contributed by atoms with Gasteiger partial charge in [-0.1, -0.05) is 31.4 Å². The first-order chi connectivity index (χ1) is 13.2. The lowest BCUT2D eigenvalue weighted by Crippen LogP contribution is -2.46. The zero-order valence-corrected chi connectivity index (χ0v) is 16.2. The van der Waals surface area contributed by atoms with Crippen LogP contribution in [-0.2, 0) is 11.2 Å². The van der Waals surface area contributed by atoms with Gasteiger partial charge in [-0.2, -0.15) is 0 Å². The van der Waals surface area contributed by atoms with E-state index in [0.717, 1.165) is 56.8 Å². The van der Waals surface area contributed by atoms with E-state index in [9.17, 15) is 9.18 Å². The molecule has 0 aromatic heterocycles. The standard InChI is InChI=1S/C21H31FN4O/c1-23-21(24-13-11-16-7-9-18(22)10-8-16)25-19-12-14-26(15-19)20(27)17-5-3-2-4-6-17/h7-10,17,19H,2-6,11-15H2,1H3,(H2,23,24,25). The number of hydrogen-bond acceptors (Lipinski definition) is 2. The molecule has 148 valence electrons. The molecule has 27 heavy (non-hydrogen) atoms. The second-order valence-corrected chi connectivity index (χ2v) is 7.62. The quantitative estimate of drug-likeness (QED) is 0.615. The van der Waals surface area contributed by atoms with Crippen LogP contribution in [0.15, 0.2) is 29.3 Å². The lowest BCUT2D eigenvalue weighted by atomic mass is 9.88. The third-order valence-electron chi connectivity index (χ3n) is 5.64. The Morgan fingerprint density at radius 3 is 2.63 bits per heavy atom. The highest BCUT2D eigenvalue weighted by Gasteiger charge is 2.31. The second-order valence-electron chi connectivity index (χ2n) is 7.62. The fourth-order valence-electron chi connectivity index (χ4n) is 4.05. The Balaban J connectivity index is 1.40. The number of nitrogens with one attached hydrogen (secondary N) is 2. The van der Waals surface area contributed by atoms with Gasteiger partial charge in [-0.3, -0.25) is 9.79 Å². The number of carbonyl (C=O) groups excluding carboxylic acids is 1. The van der Waals surface area contributed by atoms with Gasteiger partial charge in [-0.25, -0.2) is 4.39 Å². The van der Waals surface area contributed by atoms with Crippen molar-refractivity contribution in [2.75, 3.05) is 26.7 Å². The summed E-state index contributed by atoms with van der Waals surface area (Å²) in [7, 11) is 1.76. The van der Waals surface area contributed by atoms with Gasteiger partial charge in [-0.05, 0) is 43.4 Å². The minimum absolute atomic E-state index is 0.210. The predicted octanol–water partition coefficient (Wildman–Crippen LogP) is 2.71. The molecule has 0 bridgehead atoms. The molecule has 2 fully saturated rings. The highest BCUT2D eigenvalue weighted by atomic mass is 19.1. The Labute approximate surface area is 161 Å². The van der Waals surface area contributed by atoms with Crippen LogP contribution >= 0.6 is 0 Å².